The van der Waals surface area contributed by atoms with E-state index in [0.717, 1.165) is 13.0 Å². The lowest BCUT2D eigenvalue weighted by Gasteiger charge is -2.55. The van der Waals surface area contributed by atoms with Gasteiger partial charge in [0.2, 0.25) is 0 Å². The van der Waals surface area contributed by atoms with Gasteiger partial charge in [0.05, 0.1) is 11.6 Å². The lowest BCUT2D eigenvalue weighted by molar-refractivity contribution is -0.0901. The molecular formula is C16H33N3O. The molecule has 4 heteroatoms. The van der Waals surface area contributed by atoms with E-state index in [2.05, 4.69) is 30.9 Å². The number of hydrogen-bond donors (Lipinski definition) is 1. The van der Waals surface area contributed by atoms with E-state index in [1.54, 1.807) is 0 Å². The fraction of sp³-hybridized carbons (Fsp3) is 1.00. The highest BCUT2D eigenvalue weighted by Crippen LogP contribution is 2.41. The van der Waals surface area contributed by atoms with Gasteiger partial charge in [-0.1, -0.05) is 12.8 Å². The minimum atomic E-state index is 0.0333. The molecule has 20 heavy (non-hydrogen) atoms. The van der Waals surface area contributed by atoms with Crippen molar-refractivity contribution in [3.05, 3.63) is 0 Å². The molecule has 2 rings (SSSR count). The summed E-state index contributed by atoms with van der Waals surface area (Å²) in [4.78, 5) is 4.95. The topological polar surface area (TPSA) is 41.7 Å². The van der Waals surface area contributed by atoms with Crippen LogP contribution in [0.25, 0.3) is 0 Å². The van der Waals surface area contributed by atoms with Crippen molar-refractivity contribution < 1.29 is 4.74 Å². The minimum absolute atomic E-state index is 0.0333. The highest BCUT2D eigenvalue weighted by molar-refractivity contribution is 5.05. The number of likely N-dealkylation sites (N-methyl/N-ethyl adjacent to an activating group) is 2. The predicted molar refractivity (Wildman–Crippen MR) is 83.9 cm³/mol. The van der Waals surface area contributed by atoms with Crippen LogP contribution in [0.5, 0.6) is 0 Å². The summed E-state index contributed by atoms with van der Waals surface area (Å²) in [5.41, 5.74) is 6.61. The van der Waals surface area contributed by atoms with Crippen LogP contribution in [0.4, 0.5) is 0 Å². The third kappa shape index (κ3) is 2.63. The summed E-state index contributed by atoms with van der Waals surface area (Å²) in [5, 5.41) is 0. The van der Waals surface area contributed by atoms with Crippen LogP contribution in [0.1, 0.15) is 44.9 Å². The molecule has 118 valence electrons. The van der Waals surface area contributed by atoms with Crippen molar-refractivity contribution in [3.63, 3.8) is 0 Å². The Balaban J connectivity index is 2.13. The van der Waals surface area contributed by atoms with Gasteiger partial charge in [0.15, 0.2) is 0 Å². The Morgan fingerprint density at radius 2 is 1.80 bits per heavy atom. The lowest BCUT2D eigenvalue weighted by atomic mass is 9.72. The Hall–Kier alpha value is -0.160. The molecule has 2 saturated carbocycles. The first kappa shape index (κ1) is 16.2. The summed E-state index contributed by atoms with van der Waals surface area (Å²) >= 11 is 0. The molecule has 0 aromatic carbocycles. The first-order chi connectivity index (χ1) is 9.50. The second-order valence-corrected chi connectivity index (χ2v) is 7.11. The zero-order valence-electron chi connectivity index (χ0n) is 13.8. The van der Waals surface area contributed by atoms with E-state index >= 15 is 0 Å². The highest BCUT2D eigenvalue weighted by atomic mass is 16.5. The van der Waals surface area contributed by atoms with Gasteiger partial charge >= 0.3 is 0 Å². The summed E-state index contributed by atoms with van der Waals surface area (Å²) in [6, 6.07) is 0. The van der Waals surface area contributed by atoms with Gasteiger partial charge in [0.25, 0.3) is 0 Å². The van der Waals surface area contributed by atoms with E-state index < -0.39 is 0 Å². The van der Waals surface area contributed by atoms with E-state index in [4.69, 9.17) is 10.5 Å². The van der Waals surface area contributed by atoms with E-state index in [-0.39, 0.29) is 11.6 Å². The fourth-order valence-corrected chi connectivity index (χ4v) is 4.28. The zero-order chi connectivity index (χ0) is 14.8. The molecule has 2 fully saturated rings. The van der Waals surface area contributed by atoms with Gasteiger partial charge in [-0.15, -0.1) is 0 Å². The third-order valence-electron chi connectivity index (χ3n) is 6.09. The maximum Gasteiger partial charge on any atom is 0.0767 e. The van der Waals surface area contributed by atoms with Crippen molar-refractivity contribution >= 4 is 0 Å². The maximum atomic E-state index is 6.22. The Labute approximate surface area is 124 Å². The van der Waals surface area contributed by atoms with E-state index in [0.29, 0.717) is 12.1 Å². The van der Waals surface area contributed by atoms with Crippen molar-refractivity contribution in [1.82, 2.24) is 9.80 Å². The Kier molecular flexibility index (Phi) is 5.11. The molecule has 2 atom stereocenters. The van der Waals surface area contributed by atoms with Crippen molar-refractivity contribution in [2.75, 3.05) is 41.3 Å². The van der Waals surface area contributed by atoms with Crippen LogP contribution in [0.3, 0.4) is 0 Å². The number of nitrogens with zero attached hydrogens (tertiary/aromatic N) is 2. The molecule has 0 radical (unpaired) electrons. The summed E-state index contributed by atoms with van der Waals surface area (Å²) < 4.78 is 5.81. The molecule has 2 N–H and O–H groups in total. The predicted octanol–water partition coefficient (Wildman–Crippen LogP) is 1.69. The average molecular weight is 283 g/mol. The molecule has 2 unspecified atom stereocenters. The van der Waals surface area contributed by atoms with E-state index in [9.17, 15) is 0 Å². The number of ether oxygens (including phenoxy) is 1. The second kappa shape index (κ2) is 6.30. The van der Waals surface area contributed by atoms with Crippen molar-refractivity contribution in [1.29, 1.82) is 0 Å². The van der Waals surface area contributed by atoms with Crippen molar-refractivity contribution in [2.45, 2.75) is 62.1 Å². The van der Waals surface area contributed by atoms with Gasteiger partial charge in [0, 0.05) is 25.7 Å². The van der Waals surface area contributed by atoms with E-state index in [1.165, 1.54) is 38.5 Å². The molecule has 0 spiro atoms. The van der Waals surface area contributed by atoms with Crippen LogP contribution in [0.15, 0.2) is 0 Å². The summed E-state index contributed by atoms with van der Waals surface area (Å²) in [6.45, 7) is 1.81. The molecule has 2 aliphatic carbocycles. The standard InChI is InChI=1S/C16H33N3O/c1-18(2)15(9-7-10-15)13-19(3)16(12-17)11-6-5-8-14(16)20-4/h14H,5-13,17H2,1-4H3. The number of methoxy groups -OCH3 is 1. The number of rotatable bonds is 6. The smallest absolute Gasteiger partial charge is 0.0767 e. The SMILES string of the molecule is COC1CCCCC1(CN)N(C)CC1(N(C)C)CCC1. The van der Waals surface area contributed by atoms with E-state index in [1.807, 2.05) is 7.11 Å². The van der Waals surface area contributed by atoms with Crippen LogP contribution >= 0.6 is 0 Å². The van der Waals surface area contributed by atoms with Gasteiger partial charge in [0.1, 0.15) is 0 Å². The van der Waals surface area contributed by atoms with Crippen LogP contribution in [0, 0.1) is 0 Å². The zero-order valence-corrected chi connectivity index (χ0v) is 13.8. The van der Waals surface area contributed by atoms with Gasteiger partial charge in [-0.3, -0.25) is 4.90 Å². The molecule has 0 bridgehead atoms. The van der Waals surface area contributed by atoms with Gasteiger partial charge < -0.3 is 15.4 Å². The van der Waals surface area contributed by atoms with Gasteiger partial charge in [-0.2, -0.15) is 0 Å². The highest BCUT2D eigenvalue weighted by Gasteiger charge is 2.48. The summed E-state index contributed by atoms with van der Waals surface area (Å²) in [7, 11) is 8.54. The van der Waals surface area contributed by atoms with Gasteiger partial charge in [-0.25, -0.2) is 0 Å². The average Bonchev–Trinajstić information content (AvgIpc) is 2.41. The molecule has 0 heterocycles. The lowest BCUT2D eigenvalue weighted by Crippen LogP contribution is -2.67. The first-order valence-corrected chi connectivity index (χ1v) is 8.12. The molecule has 0 aliphatic heterocycles. The fourth-order valence-electron chi connectivity index (χ4n) is 4.28. The molecule has 2 aliphatic rings. The largest absolute Gasteiger partial charge is 0.379 e. The normalized spacial score (nSPS) is 33.5. The van der Waals surface area contributed by atoms with Crippen LogP contribution in [-0.4, -0.2) is 68.3 Å². The molecular weight excluding hydrogens is 250 g/mol. The number of nitrogens with two attached hydrogens (primary N) is 1. The van der Waals surface area contributed by atoms with Gasteiger partial charge in [-0.05, 0) is 53.2 Å². The monoisotopic (exact) mass is 283 g/mol. The quantitative estimate of drug-likeness (QED) is 0.805. The Morgan fingerprint density at radius 1 is 1.10 bits per heavy atom. The number of hydrogen-bond acceptors (Lipinski definition) is 4. The van der Waals surface area contributed by atoms with Crippen LogP contribution < -0.4 is 5.73 Å². The summed E-state index contributed by atoms with van der Waals surface area (Å²) in [5.74, 6) is 0. The molecule has 0 aromatic rings. The third-order valence-corrected chi connectivity index (χ3v) is 6.09. The Bertz CT molecular complexity index is 317. The Morgan fingerprint density at radius 3 is 2.25 bits per heavy atom. The molecule has 0 aromatic heterocycles. The minimum Gasteiger partial charge on any atom is -0.379 e. The van der Waals surface area contributed by atoms with Crippen molar-refractivity contribution in [3.8, 4) is 0 Å². The second-order valence-electron chi connectivity index (χ2n) is 7.11. The molecule has 0 amide bonds. The van der Waals surface area contributed by atoms with Crippen LogP contribution in [-0.2, 0) is 4.74 Å². The molecule has 4 nitrogen and oxygen atoms in total. The molecule has 0 saturated heterocycles. The van der Waals surface area contributed by atoms with Crippen LogP contribution in [0.2, 0.25) is 0 Å². The van der Waals surface area contributed by atoms with Crippen molar-refractivity contribution in [2.24, 2.45) is 5.73 Å². The summed E-state index contributed by atoms with van der Waals surface area (Å²) in [6.07, 6.45) is 9.12. The first-order valence-electron chi connectivity index (χ1n) is 8.12. The maximum absolute atomic E-state index is 6.22.